The molecule has 4 aromatic rings. The van der Waals surface area contributed by atoms with Gasteiger partial charge in [0, 0.05) is 69.2 Å². The van der Waals surface area contributed by atoms with Gasteiger partial charge in [-0.1, -0.05) is 6.07 Å². The third-order valence-electron chi connectivity index (χ3n) is 10.3. The number of ether oxygens (including phenoxy) is 3. The number of methoxy groups -OCH3 is 2. The van der Waals surface area contributed by atoms with E-state index in [4.69, 9.17) is 14.2 Å². The Labute approximate surface area is 328 Å². The van der Waals surface area contributed by atoms with Crippen molar-refractivity contribution in [1.29, 1.82) is 0 Å². The van der Waals surface area contributed by atoms with Gasteiger partial charge in [0.05, 0.1) is 57.2 Å². The maximum absolute atomic E-state index is 13.1. The third kappa shape index (κ3) is 8.80. The average molecular weight is 783 g/mol. The van der Waals surface area contributed by atoms with Crippen molar-refractivity contribution in [3.63, 3.8) is 0 Å². The first-order valence-electron chi connectivity index (χ1n) is 18.8. The Bertz CT molecular complexity index is 2290. The Morgan fingerprint density at radius 3 is 2.18 bits per heavy atom. The van der Waals surface area contributed by atoms with Crippen molar-refractivity contribution in [2.75, 3.05) is 40.5 Å². The zero-order chi connectivity index (χ0) is 40.8. The summed E-state index contributed by atoms with van der Waals surface area (Å²) in [4.78, 5) is 88.7. The lowest BCUT2D eigenvalue weighted by Gasteiger charge is -2.27. The third-order valence-corrected chi connectivity index (χ3v) is 10.3. The number of aromatic nitrogens is 3. The van der Waals surface area contributed by atoms with Gasteiger partial charge in [-0.3, -0.25) is 43.1 Å². The molecule has 1 aliphatic carbocycles. The van der Waals surface area contributed by atoms with Crippen LogP contribution in [0.2, 0.25) is 0 Å². The number of carbonyl (C=O) groups is 6. The van der Waals surface area contributed by atoms with E-state index in [0.29, 0.717) is 48.4 Å². The normalized spacial score (nSPS) is 15.3. The largest absolute Gasteiger partial charge is 0.496 e. The first-order chi connectivity index (χ1) is 27.4. The fraction of sp³-hybridized carbons (Fsp3) is 0.415. The molecule has 2 aromatic heterocycles. The molecule has 2 aromatic carbocycles. The highest BCUT2D eigenvalue weighted by Crippen LogP contribution is 2.38. The van der Waals surface area contributed by atoms with Gasteiger partial charge >= 0.3 is 0 Å². The van der Waals surface area contributed by atoms with Gasteiger partial charge in [0.15, 0.2) is 5.78 Å². The highest BCUT2D eigenvalue weighted by atomic mass is 16.5. The number of rotatable bonds is 17. The van der Waals surface area contributed by atoms with Crippen LogP contribution in [0.25, 0.3) is 22.0 Å². The Hall–Kier alpha value is -6.16. The number of amides is 4. The minimum absolute atomic E-state index is 0.130. The monoisotopic (exact) mass is 782 g/mol. The predicted octanol–water partition coefficient (Wildman–Crippen LogP) is 2.45. The van der Waals surface area contributed by atoms with Crippen LogP contribution in [0.15, 0.2) is 47.5 Å². The number of ketones is 2. The van der Waals surface area contributed by atoms with E-state index >= 15 is 0 Å². The Kier molecular flexibility index (Phi) is 12.6. The molecule has 2 aliphatic rings. The quantitative estimate of drug-likeness (QED) is 0.0907. The Morgan fingerprint density at radius 1 is 0.842 bits per heavy atom. The van der Waals surface area contributed by atoms with Crippen molar-refractivity contribution in [3.8, 4) is 22.6 Å². The number of hydrogen-bond donors (Lipinski definition) is 2. The van der Waals surface area contributed by atoms with E-state index < -0.39 is 23.6 Å². The second-order valence-corrected chi connectivity index (χ2v) is 14.1. The van der Waals surface area contributed by atoms with Gasteiger partial charge in [-0.2, -0.15) is 5.10 Å². The summed E-state index contributed by atoms with van der Waals surface area (Å²) >= 11 is 0. The van der Waals surface area contributed by atoms with Crippen LogP contribution in [0.1, 0.15) is 70.4 Å². The van der Waals surface area contributed by atoms with Crippen LogP contribution in [-0.2, 0) is 50.9 Å². The summed E-state index contributed by atoms with van der Waals surface area (Å²) in [6.07, 6.45) is 5.28. The summed E-state index contributed by atoms with van der Waals surface area (Å²) in [5.74, 6) is -0.840. The van der Waals surface area contributed by atoms with Crippen LogP contribution in [0.4, 0.5) is 0 Å². The molecule has 1 unspecified atom stereocenters. The van der Waals surface area contributed by atoms with Crippen molar-refractivity contribution >= 4 is 46.1 Å². The molecule has 3 heterocycles. The fourth-order valence-electron chi connectivity index (χ4n) is 7.36. The second-order valence-electron chi connectivity index (χ2n) is 14.1. The summed E-state index contributed by atoms with van der Waals surface area (Å²) in [6.45, 7) is 1.09. The summed E-state index contributed by atoms with van der Waals surface area (Å²) in [6, 6.07) is 7.68. The minimum Gasteiger partial charge on any atom is -0.496 e. The van der Waals surface area contributed by atoms with Crippen LogP contribution >= 0.6 is 0 Å². The van der Waals surface area contributed by atoms with Crippen molar-refractivity contribution in [2.24, 2.45) is 14.1 Å². The van der Waals surface area contributed by atoms with E-state index in [-0.39, 0.29) is 86.1 Å². The van der Waals surface area contributed by atoms with Crippen LogP contribution in [0.3, 0.4) is 0 Å². The molecular formula is C41H46N6O10. The minimum atomic E-state index is -0.929. The summed E-state index contributed by atoms with van der Waals surface area (Å²) in [7, 11) is 6.58. The maximum atomic E-state index is 13.1. The molecule has 1 saturated carbocycles. The molecule has 16 heteroatoms. The topological polar surface area (TPSA) is 197 Å². The number of fused-ring (bicyclic) bond motifs is 2. The molecule has 2 N–H and O–H groups in total. The van der Waals surface area contributed by atoms with E-state index in [1.165, 1.54) is 4.57 Å². The zero-order valence-corrected chi connectivity index (χ0v) is 32.5. The van der Waals surface area contributed by atoms with E-state index in [1.54, 1.807) is 63.6 Å². The molecule has 16 nitrogen and oxygen atoms in total. The highest BCUT2D eigenvalue weighted by molar-refractivity contribution is 6.23. The van der Waals surface area contributed by atoms with Gasteiger partial charge in [0.25, 0.3) is 17.4 Å². The van der Waals surface area contributed by atoms with E-state index in [0.717, 1.165) is 27.0 Å². The van der Waals surface area contributed by atoms with E-state index in [1.807, 2.05) is 12.1 Å². The van der Waals surface area contributed by atoms with Crippen LogP contribution in [0.5, 0.6) is 11.5 Å². The van der Waals surface area contributed by atoms with Crippen molar-refractivity contribution in [1.82, 2.24) is 29.9 Å². The molecule has 300 valence electrons. The molecule has 1 atom stereocenters. The summed E-state index contributed by atoms with van der Waals surface area (Å²) < 4.78 is 20.1. The fourth-order valence-corrected chi connectivity index (χ4v) is 7.36. The van der Waals surface area contributed by atoms with Crippen LogP contribution < -0.4 is 25.7 Å². The molecule has 0 saturated heterocycles. The number of pyridine rings is 1. The maximum Gasteiger partial charge on any atom is 0.276 e. The second kappa shape index (κ2) is 17.7. The number of imide groups is 1. The number of carbonyl (C=O) groups excluding carboxylic acids is 6. The molecule has 6 rings (SSSR count). The van der Waals surface area contributed by atoms with Gasteiger partial charge in [0.1, 0.15) is 22.8 Å². The molecule has 0 bridgehead atoms. The number of nitrogens with one attached hydrogen (secondary N) is 2. The first-order valence-corrected chi connectivity index (χ1v) is 18.8. The van der Waals surface area contributed by atoms with Crippen molar-refractivity contribution in [2.45, 2.75) is 57.4 Å². The zero-order valence-electron chi connectivity index (χ0n) is 32.5. The number of benzene rings is 2. The molecule has 0 radical (unpaired) electrons. The lowest BCUT2D eigenvalue weighted by molar-refractivity contribution is -0.132. The molecule has 4 amide bonds. The van der Waals surface area contributed by atoms with Gasteiger partial charge < -0.3 is 29.4 Å². The number of hydrogen-bond acceptors (Lipinski definition) is 11. The highest BCUT2D eigenvalue weighted by Gasteiger charge is 2.44. The molecule has 57 heavy (non-hydrogen) atoms. The van der Waals surface area contributed by atoms with Crippen molar-refractivity contribution in [3.05, 3.63) is 75.3 Å². The van der Waals surface area contributed by atoms with Gasteiger partial charge in [-0.25, -0.2) is 0 Å². The van der Waals surface area contributed by atoms with E-state index in [2.05, 4.69) is 15.7 Å². The molecule has 0 spiro atoms. The van der Waals surface area contributed by atoms with Crippen molar-refractivity contribution < 1.29 is 43.0 Å². The van der Waals surface area contributed by atoms with Gasteiger partial charge in [-0.05, 0) is 61.1 Å². The van der Waals surface area contributed by atoms with E-state index in [9.17, 15) is 33.6 Å². The number of Topliss-reactive ketones (excluding diaryl/α,β-unsaturated/α-hetero) is 2. The average Bonchev–Trinajstić information content (AvgIpc) is 3.70. The summed E-state index contributed by atoms with van der Waals surface area (Å²) in [5.41, 5.74) is 3.89. The lowest BCUT2D eigenvalue weighted by atomic mass is 9.92. The smallest absolute Gasteiger partial charge is 0.276 e. The van der Waals surface area contributed by atoms with Gasteiger partial charge in [0.2, 0.25) is 11.8 Å². The number of nitrogens with zero attached hydrogens (tertiary/aromatic N) is 4. The van der Waals surface area contributed by atoms with Gasteiger partial charge in [-0.15, -0.1) is 0 Å². The van der Waals surface area contributed by atoms with Crippen LogP contribution in [-0.4, -0.2) is 101 Å². The number of aryl methyl sites for hydroxylation is 3. The molecule has 1 aliphatic heterocycles. The lowest BCUT2D eigenvalue weighted by Crippen LogP contribution is -2.47. The van der Waals surface area contributed by atoms with Crippen LogP contribution in [0, 0.1) is 0 Å². The Balaban J connectivity index is 0.883. The molecular weight excluding hydrogens is 736 g/mol. The predicted molar refractivity (Wildman–Crippen MR) is 207 cm³/mol. The first kappa shape index (κ1) is 40.5. The summed E-state index contributed by atoms with van der Waals surface area (Å²) in [5, 5.41) is 10.6. The SMILES string of the molecule is COc1cc(-c2cn(C)c(=O)c3c2cnn3C)cc(OC)c1CCCC(=O)NCCOCCNC(=O)CCc1ccc2c(c1)C(=O)N(C1CCC(=O)CC1=O)C2=O. The Morgan fingerprint density at radius 2 is 1.51 bits per heavy atom. The standard InChI is InChI=1S/C41H46N6O10/c1-45-23-31(30-22-44-46(2)38(30)41(45)54)25-19-34(55-3)28(35(20-25)56-4)6-5-7-36(50)42-14-16-57-17-15-43-37(51)13-9-24-8-11-27-29(18-24)40(53)47(39(27)52)32-12-10-26(48)21-33(32)49/h8,11,18-20,22-23,32H,5-7,9-10,12-17,21H2,1-4H3,(H,42,50)(H,43,51). The molecule has 1 fully saturated rings.